The molecule has 0 aliphatic rings. The number of hydrogen-bond donors (Lipinski definition) is 0. The second-order valence-electron chi connectivity index (χ2n) is 3.79. The van der Waals surface area contributed by atoms with E-state index in [9.17, 15) is 44.3 Å². The van der Waals surface area contributed by atoms with Gasteiger partial charge in [-0.15, -0.1) is 0 Å². The number of alkyl halides is 9. The van der Waals surface area contributed by atoms with Crippen molar-refractivity contribution in [2.45, 2.75) is 18.5 Å². The normalized spacial score (nSPS) is 13.2. The van der Waals surface area contributed by atoms with Crippen LogP contribution in [0.1, 0.15) is 27.0 Å². The van der Waals surface area contributed by atoms with Gasteiger partial charge >= 0.3 is 123 Å². The Hall–Kier alpha value is -1.42. The molecule has 0 aliphatic heterocycles. The summed E-state index contributed by atoms with van der Waals surface area (Å²) in [4.78, 5) is 11.1. The van der Waals surface area contributed by atoms with Crippen LogP contribution in [0.2, 0.25) is 0 Å². The summed E-state index contributed by atoms with van der Waals surface area (Å²) in [6, 6.07) is -1.23. The summed E-state index contributed by atoms with van der Waals surface area (Å²) in [5.74, 6) is -2.24. The summed E-state index contributed by atoms with van der Waals surface area (Å²) in [7, 11) is 0. The van der Waals surface area contributed by atoms with E-state index in [-0.39, 0.29) is 0 Å². The van der Waals surface area contributed by atoms with Crippen LogP contribution in [0.25, 0.3) is 0 Å². The van der Waals surface area contributed by atoms with Crippen LogP contribution in [-0.4, -0.2) is 5.97 Å². The van der Waals surface area contributed by atoms with Crippen LogP contribution >= 0.6 is 0 Å². The van der Waals surface area contributed by atoms with Crippen LogP contribution < -0.4 is 0 Å². The molecule has 0 aliphatic carbocycles. The summed E-state index contributed by atoms with van der Waals surface area (Å²) in [5.41, 5.74) is -9.23. The molecule has 0 saturated carbocycles. The molecule has 0 spiro atoms. The Labute approximate surface area is 124 Å². The van der Waals surface area contributed by atoms with E-state index in [1.165, 1.54) is 0 Å². The van der Waals surface area contributed by atoms with Crippen LogP contribution in [0, 0.1) is 0 Å². The van der Waals surface area contributed by atoms with Gasteiger partial charge in [0.15, 0.2) is 0 Å². The van der Waals surface area contributed by atoms with Crippen LogP contribution in [0.15, 0.2) is 12.1 Å². The van der Waals surface area contributed by atoms with Gasteiger partial charge < -0.3 is 0 Å². The summed E-state index contributed by atoms with van der Waals surface area (Å²) in [6.07, 6.45) is -16.8. The molecule has 0 unspecified atom stereocenters. The molecule has 2 nitrogen and oxygen atoms in total. The standard InChI is InChI=1S/C10H3F9O2.Cu/c11-8(12,13)3-1-4(9(14,15)16)6(7(20)21)5(2-3)10(17,18)19;/h1-2H,(H,20,21);/q;+1/p-1. The third-order valence-electron chi connectivity index (χ3n) is 2.34. The van der Waals surface area contributed by atoms with E-state index in [0.717, 1.165) is 0 Å². The minimum atomic E-state index is -5.67. The maximum absolute atomic E-state index is 12.7. The maximum atomic E-state index is 12.7. The Morgan fingerprint density at radius 2 is 1.18 bits per heavy atom. The van der Waals surface area contributed by atoms with Gasteiger partial charge in [-0.25, -0.2) is 0 Å². The number of hydrogen-bond acceptors (Lipinski definition) is 2. The third kappa shape index (κ3) is 3.86. The summed E-state index contributed by atoms with van der Waals surface area (Å²) < 4.78 is 117. The predicted molar refractivity (Wildman–Crippen MR) is 46.9 cm³/mol. The number of rotatable bonds is 1. The van der Waals surface area contributed by atoms with Crippen molar-refractivity contribution in [3.63, 3.8) is 0 Å². The number of carbonyl (C=O) groups is 1. The molecule has 1 aromatic carbocycles. The molecule has 0 radical (unpaired) electrons. The van der Waals surface area contributed by atoms with Crippen LogP contribution in [0.5, 0.6) is 0 Å². The van der Waals surface area contributed by atoms with E-state index in [1.54, 1.807) is 0 Å². The number of carbonyl (C=O) groups excluding carboxylic acids is 1. The molecular weight excluding hydrogens is 387 g/mol. The molecule has 0 aromatic heterocycles. The van der Waals surface area contributed by atoms with E-state index in [0.29, 0.717) is 0 Å². The van der Waals surface area contributed by atoms with Gasteiger partial charge in [-0.05, 0) is 0 Å². The molecule has 0 heterocycles. The van der Waals surface area contributed by atoms with E-state index in [1.807, 2.05) is 0 Å². The first-order valence-corrected chi connectivity index (χ1v) is 5.27. The molecule has 0 saturated heterocycles. The van der Waals surface area contributed by atoms with Gasteiger partial charge in [-0.2, -0.15) is 0 Å². The average molecular weight is 389 g/mol. The SMILES string of the molecule is O=C([O][Cu])c1c(C(F)(F)F)cc(C(F)(F)F)cc1C(F)(F)F. The van der Waals surface area contributed by atoms with Gasteiger partial charge in [0.25, 0.3) is 0 Å². The van der Waals surface area contributed by atoms with Crippen molar-refractivity contribution in [3.05, 3.63) is 34.4 Å². The van der Waals surface area contributed by atoms with Crippen LogP contribution in [0.4, 0.5) is 39.5 Å². The quantitative estimate of drug-likeness (QED) is 0.528. The zero-order chi connectivity index (χ0) is 17.5. The Kier molecular flexibility index (Phi) is 4.79. The third-order valence-corrected chi connectivity index (χ3v) is 2.51. The molecule has 0 atom stereocenters. The summed E-state index contributed by atoms with van der Waals surface area (Å²) >= 11 is 3.78. The molecular formula is C10H2CuF9O2. The zero-order valence-electron chi connectivity index (χ0n) is 9.67. The van der Waals surface area contributed by atoms with Crippen molar-refractivity contribution >= 4 is 5.97 Å². The van der Waals surface area contributed by atoms with Crippen LogP contribution in [-0.2, 0) is 38.7 Å². The van der Waals surface area contributed by atoms with Crippen molar-refractivity contribution in [1.82, 2.24) is 0 Å². The van der Waals surface area contributed by atoms with Gasteiger partial charge in [0, 0.05) is 0 Å². The molecule has 0 bridgehead atoms. The minimum absolute atomic E-state index is 0.617. The van der Waals surface area contributed by atoms with Crippen molar-refractivity contribution in [3.8, 4) is 0 Å². The number of halogens is 9. The van der Waals surface area contributed by atoms with E-state index in [2.05, 4.69) is 20.2 Å². The van der Waals surface area contributed by atoms with Crippen molar-refractivity contribution < 1.29 is 64.5 Å². The van der Waals surface area contributed by atoms with Gasteiger partial charge in [-0.1, -0.05) is 0 Å². The van der Waals surface area contributed by atoms with Gasteiger partial charge in [0.1, 0.15) is 0 Å². The number of benzene rings is 1. The van der Waals surface area contributed by atoms with Crippen molar-refractivity contribution in [1.29, 1.82) is 0 Å². The zero-order valence-corrected chi connectivity index (χ0v) is 10.6. The fourth-order valence-electron chi connectivity index (χ4n) is 1.50. The Bertz CT molecular complexity index is 551. The molecule has 128 valence electrons. The molecule has 0 N–H and O–H groups in total. The Morgan fingerprint density at radius 3 is 1.41 bits per heavy atom. The summed E-state index contributed by atoms with van der Waals surface area (Å²) in [5, 5.41) is 0. The Balaban J connectivity index is 3.90. The Morgan fingerprint density at radius 1 is 0.818 bits per heavy atom. The summed E-state index contributed by atoms with van der Waals surface area (Å²) in [6.45, 7) is 0. The first-order valence-electron chi connectivity index (χ1n) is 4.89. The first-order chi connectivity index (χ1) is 9.69. The fraction of sp³-hybridized carbons (Fsp3) is 0.300. The molecule has 22 heavy (non-hydrogen) atoms. The topological polar surface area (TPSA) is 26.3 Å². The van der Waals surface area contributed by atoms with Crippen molar-refractivity contribution in [2.75, 3.05) is 0 Å². The van der Waals surface area contributed by atoms with Gasteiger partial charge in [0.2, 0.25) is 0 Å². The molecule has 0 fully saturated rings. The van der Waals surface area contributed by atoms with Gasteiger partial charge in [0.05, 0.1) is 0 Å². The van der Waals surface area contributed by atoms with E-state index < -0.39 is 58.9 Å². The second-order valence-corrected chi connectivity index (χ2v) is 3.98. The van der Waals surface area contributed by atoms with E-state index >= 15 is 0 Å². The van der Waals surface area contributed by atoms with Crippen molar-refractivity contribution in [2.24, 2.45) is 0 Å². The molecule has 1 aromatic rings. The second kappa shape index (κ2) is 5.65. The first kappa shape index (κ1) is 18.6. The molecule has 12 heteroatoms. The average Bonchev–Trinajstić information content (AvgIpc) is 2.33. The molecule has 0 amide bonds. The monoisotopic (exact) mass is 388 g/mol. The fourth-order valence-corrected chi connectivity index (χ4v) is 1.60. The molecule has 1 rings (SSSR count). The van der Waals surface area contributed by atoms with Gasteiger partial charge in [-0.3, -0.25) is 0 Å². The predicted octanol–water partition coefficient (Wildman–Crippen LogP) is 4.36. The van der Waals surface area contributed by atoms with Crippen LogP contribution in [0.3, 0.4) is 0 Å². The van der Waals surface area contributed by atoms with E-state index in [4.69, 9.17) is 0 Å².